The highest BCUT2D eigenvalue weighted by atomic mass is 35.5. The van der Waals surface area contributed by atoms with Gasteiger partial charge in [-0.25, -0.2) is 0 Å². The number of nitrogens with zero attached hydrogens (tertiary/aromatic N) is 2. The van der Waals surface area contributed by atoms with E-state index in [0.717, 1.165) is 16.9 Å². The average Bonchev–Trinajstić information content (AvgIpc) is 2.50. The van der Waals surface area contributed by atoms with Crippen molar-refractivity contribution >= 4 is 23.0 Å². The molecule has 1 unspecified atom stereocenters. The zero-order valence-corrected chi connectivity index (χ0v) is 12.6. The molecule has 2 aromatic carbocycles. The number of rotatable bonds is 5. The van der Waals surface area contributed by atoms with Gasteiger partial charge in [-0.15, -0.1) is 0 Å². The lowest BCUT2D eigenvalue weighted by molar-refractivity contribution is 0.199. The molecule has 0 heterocycles. The Kier molecular flexibility index (Phi) is 5.21. The fourth-order valence-corrected chi connectivity index (χ4v) is 2.45. The van der Waals surface area contributed by atoms with Gasteiger partial charge < -0.3 is 10.0 Å². The largest absolute Gasteiger partial charge is 0.389 e. The highest BCUT2D eigenvalue weighted by Gasteiger charge is 2.14. The highest BCUT2D eigenvalue weighted by molar-refractivity contribution is 6.33. The molecule has 0 aliphatic rings. The van der Waals surface area contributed by atoms with Crippen LogP contribution in [0, 0.1) is 11.3 Å². The second-order valence-electron chi connectivity index (χ2n) is 4.78. The van der Waals surface area contributed by atoms with Gasteiger partial charge in [0.2, 0.25) is 0 Å². The third kappa shape index (κ3) is 3.75. The molecule has 1 N–H and O–H groups in total. The Morgan fingerprint density at radius 1 is 1.24 bits per heavy atom. The van der Waals surface area contributed by atoms with E-state index in [1.165, 1.54) is 0 Å². The van der Waals surface area contributed by atoms with Crippen LogP contribution in [0.5, 0.6) is 0 Å². The first-order chi connectivity index (χ1) is 10.1. The van der Waals surface area contributed by atoms with Crippen LogP contribution in [-0.2, 0) is 0 Å². The zero-order chi connectivity index (χ0) is 15.2. The minimum Gasteiger partial charge on any atom is -0.389 e. The number of para-hydroxylation sites is 1. The first-order valence-corrected chi connectivity index (χ1v) is 7.18. The van der Waals surface area contributed by atoms with Crippen molar-refractivity contribution in [3.63, 3.8) is 0 Å². The average molecular weight is 301 g/mol. The van der Waals surface area contributed by atoms with Gasteiger partial charge in [-0.1, -0.05) is 35.9 Å². The summed E-state index contributed by atoms with van der Waals surface area (Å²) in [6.45, 7) is 2.27. The van der Waals surface area contributed by atoms with E-state index in [-0.39, 0.29) is 0 Å². The summed E-state index contributed by atoms with van der Waals surface area (Å²) in [5.41, 5.74) is 2.60. The molecule has 0 aromatic heterocycles. The number of hydrogen-bond donors (Lipinski definition) is 1. The number of nitriles is 1. The van der Waals surface area contributed by atoms with Crippen LogP contribution < -0.4 is 4.90 Å². The predicted octanol–water partition coefficient (Wildman–Crippen LogP) is 4.45. The van der Waals surface area contributed by atoms with Crippen molar-refractivity contribution in [1.29, 1.82) is 5.26 Å². The second kappa shape index (κ2) is 7.12. The number of aliphatic hydroxyl groups is 1. The molecular weight excluding hydrogens is 284 g/mol. The van der Waals surface area contributed by atoms with Crippen LogP contribution in [0.2, 0.25) is 5.02 Å². The van der Waals surface area contributed by atoms with Crippen molar-refractivity contribution in [2.75, 3.05) is 11.4 Å². The molecule has 2 aromatic rings. The fourth-order valence-electron chi connectivity index (χ4n) is 2.16. The van der Waals surface area contributed by atoms with Gasteiger partial charge >= 0.3 is 0 Å². The first kappa shape index (κ1) is 15.4. The number of anilines is 2. The lowest BCUT2D eigenvalue weighted by atomic mass is 10.1. The SMILES string of the molecule is CC(O)c1ccc(N(CCC#N)c2ccccc2)c(Cl)c1. The lowest BCUT2D eigenvalue weighted by Gasteiger charge is -2.25. The Balaban J connectivity index is 2.40. The van der Waals surface area contributed by atoms with Gasteiger partial charge in [0.15, 0.2) is 0 Å². The lowest BCUT2D eigenvalue weighted by Crippen LogP contribution is -2.18. The summed E-state index contributed by atoms with van der Waals surface area (Å²) in [6.07, 6.45) is -0.149. The van der Waals surface area contributed by atoms with Crippen LogP contribution in [0.3, 0.4) is 0 Å². The van der Waals surface area contributed by atoms with Crippen LogP contribution in [0.1, 0.15) is 25.0 Å². The second-order valence-corrected chi connectivity index (χ2v) is 5.19. The monoisotopic (exact) mass is 300 g/mol. The summed E-state index contributed by atoms with van der Waals surface area (Å²) >= 11 is 6.36. The van der Waals surface area contributed by atoms with Gasteiger partial charge in [-0.05, 0) is 36.8 Å². The predicted molar refractivity (Wildman–Crippen MR) is 85.8 cm³/mol. The van der Waals surface area contributed by atoms with Gasteiger partial charge in [0, 0.05) is 12.2 Å². The van der Waals surface area contributed by atoms with E-state index in [4.69, 9.17) is 16.9 Å². The normalized spacial score (nSPS) is 11.7. The van der Waals surface area contributed by atoms with Crippen molar-refractivity contribution < 1.29 is 5.11 Å². The molecule has 21 heavy (non-hydrogen) atoms. The van der Waals surface area contributed by atoms with Crippen molar-refractivity contribution in [1.82, 2.24) is 0 Å². The number of hydrogen-bond acceptors (Lipinski definition) is 3. The number of benzene rings is 2. The molecule has 108 valence electrons. The van der Waals surface area contributed by atoms with Crippen LogP contribution in [-0.4, -0.2) is 11.7 Å². The van der Waals surface area contributed by atoms with E-state index in [1.54, 1.807) is 13.0 Å². The summed E-state index contributed by atoms with van der Waals surface area (Å²) < 4.78 is 0. The summed E-state index contributed by atoms with van der Waals surface area (Å²) in [5, 5.41) is 19.0. The van der Waals surface area contributed by atoms with E-state index in [0.29, 0.717) is 18.0 Å². The van der Waals surface area contributed by atoms with E-state index in [1.807, 2.05) is 47.4 Å². The maximum Gasteiger partial charge on any atom is 0.0762 e. The molecule has 2 rings (SSSR count). The molecule has 0 aliphatic carbocycles. The Morgan fingerprint density at radius 2 is 1.95 bits per heavy atom. The third-order valence-electron chi connectivity index (χ3n) is 3.26. The Bertz CT molecular complexity index is 635. The summed E-state index contributed by atoms with van der Waals surface area (Å²) in [6, 6.07) is 17.5. The van der Waals surface area contributed by atoms with Gasteiger partial charge in [-0.2, -0.15) is 5.26 Å². The maximum atomic E-state index is 9.62. The Morgan fingerprint density at radius 3 is 2.52 bits per heavy atom. The molecule has 0 saturated carbocycles. The Hall–Kier alpha value is -2.02. The topological polar surface area (TPSA) is 47.3 Å². The van der Waals surface area contributed by atoms with Gasteiger partial charge in [0.05, 0.1) is 29.3 Å². The molecule has 0 fully saturated rings. The van der Waals surface area contributed by atoms with Crippen molar-refractivity contribution in [3.8, 4) is 6.07 Å². The number of aliphatic hydroxyl groups excluding tert-OH is 1. The molecule has 0 amide bonds. The van der Waals surface area contributed by atoms with Gasteiger partial charge in [0.25, 0.3) is 0 Å². The van der Waals surface area contributed by atoms with Crippen molar-refractivity contribution in [3.05, 3.63) is 59.1 Å². The highest BCUT2D eigenvalue weighted by Crippen LogP contribution is 2.33. The minimum absolute atomic E-state index is 0.406. The van der Waals surface area contributed by atoms with E-state index in [2.05, 4.69) is 6.07 Å². The number of halogens is 1. The third-order valence-corrected chi connectivity index (χ3v) is 3.56. The van der Waals surface area contributed by atoms with Crippen molar-refractivity contribution in [2.45, 2.75) is 19.4 Å². The molecule has 0 bridgehead atoms. The summed E-state index contributed by atoms with van der Waals surface area (Å²) in [4.78, 5) is 2.01. The Labute approximate surface area is 130 Å². The molecule has 4 heteroatoms. The standard InChI is InChI=1S/C17H17ClN2O/c1-13(21)14-8-9-17(16(18)12-14)20(11-5-10-19)15-6-3-2-4-7-15/h2-4,6-9,12-13,21H,5,11H2,1H3. The van der Waals surface area contributed by atoms with Gasteiger partial charge in [-0.3, -0.25) is 0 Å². The minimum atomic E-state index is -0.555. The maximum absolute atomic E-state index is 9.62. The molecule has 0 aliphatic heterocycles. The first-order valence-electron chi connectivity index (χ1n) is 6.80. The smallest absolute Gasteiger partial charge is 0.0762 e. The molecule has 1 atom stereocenters. The van der Waals surface area contributed by atoms with Crippen LogP contribution in [0.15, 0.2) is 48.5 Å². The summed E-state index contributed by atoms with van der Waals surface area (Å²) in [5.74, 6) is 0. The summed E-state index contributed by atoms with van der Waals surface area (Å²) in [7, 11) is 0. The molecular formula is C17H17ClN2O. The zero-order valence-electron chi connectivity index (χ0n) is 11.8. The van der Waals surface area contributed by atoms with E-state index < -0.39 is 6.10 Å². The molecule has 3 nitrogen and oxygen atoms in total. The van der Waals surface area contributed by atoms with Gasteiger partial charge in [0.1, 0.15) is 0 Å². The van der Waals surface area contributed by atoms with Crippen LogP contribution >= 0.6 is 11.6 Å². The molecule has 0 radical (unpaired) electrons. The van der Waals surface area contributed by atoms with E-state index in [9.17, 15) is 5.11 Å². The van der Waals surface area contributed by atoms with Crippen molar-refractivity contribution in [2.24, 2.45) is 0 Å². The fraction of sp³-hybridized carbons (Fsp3) is 0.235. The van der Waals surface area contributed by atoms with Crippen LogP contribution in [0.25, 0.3) is 0 Å². The van der Waals surface area contributed by atoms with E-state index >= 15 is 0 Å². The quantitative estimate of drug-likeness (QED) is 0.887. The molecule has 0 spiro atoms. The van der Waals surface area contributed by atoms with Crippen LogP contribution in [0.4, 0.5) is 11.4 Å². The molecule has 0 saturated heterocycles.